The summed E-state index contributed by atoms with van der Waals surface area (Å²) in [7, 11) is 1.64. The molecule has 4 rings (SSSR count). The Labute approximate surface area is 146 Å². The zero-order valence-corrected chi connectivity index (χ0v) is 14.3. The fourth-order valence-corrected chi connectivity index (χ4v) is 3.52. The van der Waals surface area contributed by atoms with Gasteiger partial charge in [0.15, 0.2) is 10.8 Å². The first-order valence-corrected chi connectivity index (χ1v) is 8.32. The first-order chi connectivity index (χ1) is 12.2. The number of ether oxygens (including phenoxy) is 1. The predicted molar refractivity (Wildman–Crippen MR) is 94.3 cm³/mol. The number of aryl methyl sites for hydroxylation is 1. The van der Waals surface area contributed by atoms with Crippen molar-refractivity contribution in [1.29, 1.82) is 0 Å². The van der Waals surface area contributed by atoms with Crippen molar-refractivity contribution in [2.45, 2.75) is 6.92 Å². The molecule has 0 atom stereocenters. The molecule has 1 aromatic carbocycles. The Balaban J connectivity index is 1.65. The highest BCUT2D eigenvalue weighted by atomic mass is 32.1. The van der Waals surface area contributed by atoms with Crippen LogP contribution in [-0.2, 0) is 0 Å². The van der Waals surface area contributed by atoms with Gasteiger partial charge in [-0.25, -0.2) is 4.98 Å². The summed E-state index contributed by atoms with van der Waals surface area (Å²) >= 11 is 1.33. The van der Waals surface area contributed by atoms with Gasteiger partial charge in [0.1, 0.15) is 16.9 Å². The molecular weight excluding hydrogens is 340 g/mol. The number of amides is 1. The van der Waals surface area contributed by atoms with Crippen LogP contribution in [-0.4, -0.2) is 27.6 Å². The number of imidazole rings is 1. The van der Waals surface area contributed by atoms with Crippen LogP contribution in [0.4, 0.5) is 5.82 Å². The minimum Gasteiger partial charge on any atom is -0.497 e. The van der Waals surface area contributed by atoms with Gasteiger partial charge in [0.05, 0.1) is 12.8 Å². The molecule has 0 saturated heterocycles. The third-order valence-electron chi connectivity index (χ3n) is 3.83. The van der Waals surface area contributed by atoms with Crippen LogP contribution in [0.5, 0.6) is 5.75 Å². The molecule has 0 unspecified atom stereocenters. The van der Waals surface area contributed by atoms with Crippen molar-refractivity contribution in [3.63, 3.8) is 0 Å². The van der Waals surface area contributed by atoms with E-state index in [1.165, 1.54) is 17.6 Å². The highest BCUT2D eigenvalue weighted by molar-refractivity contribution is 7.19. The molecule has 1 N–H and O–H groups in total. The number of nitrogens with one attached hydrogen (secondary N) is 1. The number of aromatic nitrogens is 3. The molecule has 126 valence electrons. The van der Waals surface area contributed by atoms with Crippen molar-refractivity contribution in [2.75, 3.05) is 12.4 Å². The fourth-order valence-electron chi connectivity index (χ4n) is 2.51. The van der Waals surface area contributed by atoms with E-state index in [-0.39, 0.29) is 5.91 Å². The summed E-state index contributed by atoms with van der Waals surface area (Å²) in [5.41, 5.74) is 2.67. The number of carbonyl (C=O) groups excluding carboxylic acids is 1. The molecule has 8 heteroatoms. The van der Waals surface area contributed by atoms with Crippen LogP contribution in [0, 0.1) is 6.92 Å². The molecule has 0 bridgehead atoms. The van der Waals surface area contributed by atoms with E-state index in [0.29, 0.717) is 10.7 Å². The van der Waals surface area contributed by atoms with Gasteiger partial charge in [-0.3, -0.25) is 9.20 Å². The van der Waals surface area contributed by atoms with E-state index in [9.17, 15) is 4.79 Å². The van der Waals surface area contributed by atoms with E-state index in [1.54, 1.807) is 13.2 Å². The van der Waals surface area contributed by atoms with Gasteiger partial charge in [-0.1, -0.05) is 16.5 Å². The molecule has 4 aromatic rings. The molecule has 7 nitrogen and oxygen atoms in total. The molecule has 0 aliphatic heterocycles. The normalized spacial score (nSPS) is 11.0. The summed E-state index contributed by atoms with van der Waals surface area (Å²) in [6.45, 7) is 1.89. The van der Waals surface area contributed by atoms with E-state index >= 15 is 0 Å². The first-order valence-electron chi connectivity index (χ1n) is 7.50. The lowest BCUT2D eigenvalue weighted by Gasteiger charge is -2.01. The molecule has 0 radical (unpaired) electrons. The maximum atomic E-state index is 12.4. The van der Waals surface area contributed by atoms with Gasteiger partial charge in [0.25, 0.3) is 5.91 Å². The van der Waals surface area contributed by atoms with Crippen molar-refractivity contribution in [3.05, 3.63) is 53.4 Å². The number of hydrogen-bond donors (Lipinski definition) is 1. The van der Waals surface area contributed by atoms with Crippen LogP contribution in [0.25, 0.3) is 16.2 Å². The minimum atomic E-state index is -0.229. The topological polar surface area (TPSA) is 81.7 Å². The number of anilines is 1. The number of benzene rings is 1. The Kier molecular flexibility index (Phi) is 3.73. The summed E-state index contributed by atoms with van der Waals surface area (Å²) in [6.07, 6.45) is 3.33. The third-order valence-corrected chi connectivity index (χ3v) is 4.98. The Morgan fingerprint density at radius 3 is 2.72 bits per heavy atom. The number of fused-ring (bicyclic) bond motifs is 1. The van der Waals surface area contributed by atoms with Crippen LogP contribution in [0.1, 0.15) is 15.4 Å². The minimum absolute atomic E-state index is 0.229. The van der Waals surface area contributed by atoms with Crippen molar-refractivity contribution in [2.24, 2.45) is 0 Å². The summed E-state index contributed by atoms with van der Waals surface area (Å²) in [4.78, 5) is 18.4. The van der Waals surface area contributed by atoms with Gasteiger partial charge < -0.3 is 14.6 Å². The molecule has 25 heavy (non-hydrogen) atoms. The molecule has 0 saturated carbocycles. The Hall–Kier alpha value is -3.13. The van der Waals surface area contributed by atoms with Gasteiger partial charge >= 0.3 is 0 Å². The van der Waals surface area contributed by atoms with E-state index in [1.807, 2.05) is 41.8 Å². The Morgan fingerprint density at radius 1 is 1.28 bits per heavy atom. The monoisotopic (exact) mass is 354 g/mol. The zero-order chi connectivity index (χ0) is 17.4. The van der Waals surface area contributed by atoms with Crippen molar-refractivity contribution >= 4 is 28.0 Å². The van der Waals surface area contributed by atoms with Crippen molar-refractivity contribution < 1.29 is 14.1 Å². The maximum absolute atomic E-state index is 12.4. The summed E-state index contributed by atoms with van der Waals surface area (Å²) < 4.78 is 11.8. The standard InChI is InChI=1S/C17H14N4O3S/c1-10-15(16(22)19-14-7-8-24-20-14)25-17-18-13(9-21(10)17)11-3-5-12(23-2)6-4-11/h3-9H,1-2H3,(H,19,20,22). The Morgan fingerprint density at radius 2 is 2.08 bits per heavy atom. The lowest BCUT2D eigenvalue weighted by atomic mass is 10.2. The number of carbonyl (C=O) groups is 1. The van der Waals surface area contributed by atoms with Crippen LogP contribution in [0.3, 0.4) is 0 Å². The van der Waals surface area contributed by atoms with E-state index in [0.717, 1.165) is 27.7 Å². The SMILES string of the molecule is COc1ccc(-c2cn3c(C)c(C(=O)Nc4ccon4)sc3n2)cc1. The lowest BCUT2D eigenvalue weighted by Crippen LogP contribution is -2.12. The summed E-state index contributed by atoms with van der Waals surface area (Å²) in [5, 5.41) is 6.39. The molecule has 0 aliphatic rings. The van der Waals surface area contributed by atoms with Gasteiger partial charge in [0, 0.05) is 23.5 Å². The zero-order valence-electron chi connectivity index (χ0n) is 13.5. The third kappa shape index (κ3) is 2.76. The van der Waals surface area contributed by atoms with Crippen LogP contribution >= 0.6 is 11.3 Å². The number of methoxy groups -OCH3 is 1. The second-order valence-electron chi connectivity index (χ2n) is 5.36. The van der Waals surface area contributed by atoms with Crippen molar-refractivity contribution in [1.82, 2.24) is 14.5 Å². The number of thiazole rings is 1. The first kappa shape index (κ1) is 15.4. The molecule has 3 aromatic heterocycles. The number of hydrogen-bond acceptors (Lipinski definition) is 6. The number of rotatable bonds is 4. The second-order valence-corrected chi connectivity index (χ2v) is 6.34. The van der Waals surface area contributed by atoms with Gasteiger partial charge in [0.2, 0.25) is 0 Å². The largest absolute Gasteiger partial charge is 0.497 e. The molecular formula is C17H14N4O3S. The van der Waals surface area contributed by atoms with Gasteiger partial charge in [-0.05, 0) is 31.2 Å². The summed E-state index contributed by atoms with van der Waals surface area (Å²) in [6, 6.07) is 9.30. The highest BCUT2D eigenvalue weighted by Crippen LogP contribution is 2.28. The van der Waals surface area contributed by atoms with Gasteiger partial charge in [-0.15, -0.1) is 0 Å². The lowest BCUT2D eigenvalue weighted by molar-refractivity contribution is 0.102. The molecule has 0 spiro atoms. The molecule has 3 heterocycles. The molecule has 1 amide bonds. The van der Waals surface area contributed by atoms with E-state index in [2.05, 4.69) is 15.5 Å². The molecule has 0 aliphatic carbocycles. The van der Waals surface area contributed by atoms with Crippen LogP contribution < -0.4 is 10.1 Å². The maximum Gasteiger partial charge on any atom is 0.268 e. The average molecular weight is 354 g/mol. The quantitative estimate of drug-likeness (QED) is 0.605. The average Bonchev–Trinajstić information content (AvgIpc) is 3.33. The highest BCUT2D eigenvalue weighted by Gasteiger charge is 2.19. The van der Waals surface area contributed by atoms with Crippen molar-refractivity contribution in [3.8, 4) is 17.0 Å². The van der Waals surface area contributed by atoms with E-state index < -0.39 is 0 Å². The molecule has 0 fully saturated rings. The Bertz CT molecular complexity index is 1030. The predicted octanol–water partition coefficient (Wildman–Crippen LogP) is 3.62. The van der Waals surface area contributed by atoms with Gasteiger partial charge in [-0.2, -0.15) is 0 Å². The smallest absolute Gasteiger partial charge is 0.268 e. The summed E-state index contributed by atoms with van der Waals surface area (Å²) in [5.74, 6) is 0.954. The fraction of sp³-hybridized carbons (Fsp3) is 0.118. The van der Waals surface area contributed by atoms with E-state index in [4.69, 9.17) is 9.26 Å². The number of nitrogens with zero attached hydrogens (tertiary/aromatic N) is 3. The van der Waals surface area contributed by atoms with Crippen LogP contribution in [0.2, 0.25) is 0 Å². The van der Waals surface area contributed by atoms with Crippen LogP contribution in [0.15, 0.2) is 47.3 Å². The second kappa shape index (κ2) is 6.06.